The highest BCUT2D eigenvalue weighted by atomic mass is 16.4. The maximum absolute atomic E-state index is 12.3. The number of rotatable bonds is 8. The molecule has 0 saturated carbocycles. The molecule has 8 nitrogen and oxygen atoms in total. The van der Waals surface area contributed by atoms with E-state index in [2.05, 4.69) is 10.6 Å². The molecule has 1 atom stereocenters. The molecule has 1 amide bonds. The van der Waals surface area contributed by atoms with Crippen molar-refractivity contribution in [2.45, 2.75) is 19.0 Å². The zero-order valence-corrected chi connectivity index (χ0v) is 12.6. The van der Waals surface area contributed by atoms with E-state index in [0.717, 1.165) is 0 Å². The van der Waals surface area contributed by atoms with Crippen molar-refractivity contribution in [1.82, 2.24) is 5.32 Å². The summed E-state index contributed by atoms with van der Waals surface area (Å²) in [6.45, 7) is 0.166. The second-order valence-electron chi connectivity index (χ2n) is 4.95. The predicted octanol–water partition coefficient (Wildman–Crippen LogP) is 1.55. The first-order valence-electron chi connectivity index (χ1n) is 7.08. The van der Waals surface area contributed by atoms with Crippen molar-refractivity contribution in [1.29, 1.82) is 0 Å². The Balaban J connectivity index is 2.09. The number of carbonyl (C=O) groups is 3. The van der Waals surface area contributed by atoms with Crippen molar-refractivity contribution in [3.63, 3.8) is 0 Å². The average Bonchev–Trinajstić information content (AvgIpc) is 3.04. The molecule has 2 aromatic rings. The van der Waals surface area contributed by atoms with Crippen LogP contribution >= 0.6 is 0 Å². The number of furan rings is 1. The number of carboxylic acid groups (broad SMARTS) is 2. The Kier molecular flexibility index (Phi) is 5.69. The highest BCUT2D eigenvalue weighted by molar-refractivity contribution is 6.02. The lowest BCUT2D eigenvalue weighted by Crippen LogP contribution is -2.41. The van der Waals surface area contributed by atoms with Gasteiger partial charge in [0.1, 0.15) is 5.76 Å². The Bertz CT molecular complexity index is 726. The molecule has 1 aromatic heterocycles. The smallest absolute Gasteiger partial charge is 0.337 e. The van der Waals surface area contributed by atoms with Crippen LogP contribution in [-0.2, 0) is 16.1 Å². The van der Waals surface area contributed by atoms with E-state index in [1.807, 2.05) is 0 Å². The van der Waals surface area contributed by atoms with E-state index >= 15 is 0 Å². The van der Waals surface area contributed by atoms with Gasteiger partial charge in [-0.15, -0.1) is 0 Å². The third kappa shape index (κ3) is 4.68. The van der Waals surface area contributed by atoms with Crippen LogP contribution in [0.2, 0.25) is 0 Å². The molecule has 126 valence electrons. The van der Waals surface area contributed by atoms with Crippen molar-refractivity contribution in [3.8, 4) is 0 Å². The molecule has 0 unspecified atom stereocenters. The van der Waals surface area contributed by atoms with Crippen LogP contribution in [0.1, 0.15) is 22.5 Å². The summed E-state index contributed by atoms with van der Waals surface area (Å²) in [5.41, 5.74) is 0.0242. The van der Waals surface area contributed by atoms with E-state index in [4.69, 9.17) is 14.6 Å². The van der Waals surface area contributed by atoms with Crippen LogP contribution in [0.4, 0.5) is 5.69 Å². The summed E-state index contributed by atoms with van der Waals surface area (Å²) in [5.74, 6) is -2.44. The van der Waals surface area contributed by atoms with Gasteiger partial charge in [-0.3, -0.25) is 14.9 Å². The van der Waals surface area contributed by atoms with E-state index in [-0.39, 0.29) is 17.8 Å². The summed E-state index contributed by atoms with van der Waals surface area (Å²) in [5, 5.41) is 23.3. The second-order valence-corrected chi connectivity index (χ2v) is 4.95. The van der Waals surface area contributed by atoms with Crippen molar-refractivity contribution >= 4 is 23.5 Å². The summed E-state index contributed by atoms with van der Waals surface area (Å²) < 4.78 is 5.12. The Hall–Kier alpha value is -3.13. The monoisotopic (exact) mass is 332 g/mol. The maximum atomic E-state index is 12.3. The lowest BCUT2D eigenvalue weighted by molar-refractivity contribution is -0.139. The van der Waals surface area contributed by atoms with E-state index in [9.17, 15) is 14.4 Å². The van der Waals surface area contributed by atoms with Crippen LogP contribution in [0.25, 0.3) is 0 Å². The van der Waals surface area contributed by atoms with Crippen molar-refractivity contribution in [2.75, 3.05) is 5.32 Å². The molecule has 0 aliphatic carbocycles. The lowest BCUT2D eigenvalue weighted by Gasteiger charge is -2.17. The highest BCUT2D eigenvalue weighted by Gasteiger charge is 2.23. The average molecular weight is 332 g/mol. The van der Waals surface area contributed by atoms with Gasteiger partial charge in [-0.25, -0.2) is 4.79 Å². The van der Waals surface area contributed by atoms with Gasteiger partial charge in [0, 0.05) is 0 Å². The molecule has 0 aliphatic heterocycles. The van der Waals surface area contributed by atoms with Gasteiger partial charge < -0.3 is 19.9 Å². The zero-order chi connectivity index (χ0) is 17.5. The predicted molar refractivity (Wildman–Crippen MR) is 83.6 cm³/mol. The van der Waals surface area contributed by atoms with Gasteiger partial charge >= 0.3 is 11.9 Å². The first kappa shape index (κ1) is 17.2. The molecule has 8 heteroatoms. The molecule has 0 spiro atoms. The minimum Gasteiger partial charge on any atom is -0.481 e. The van der Waals surface area contributed by atoms with E-state index in [0.29, 0.717) is 5.76 Å². The quantitative estimate of drug-likeness (QED) is 0.577. The third-order valence-corrected chi connectivity index (χ3v) is 3.21. The molecule has 0 bridgehead atoms. The summed E-state index contributed by atoms with van der Waals surface area (Å²) >= 11 is 0. The Morgan fingerprint density at radius 3 is 2.46 bits per heavy atom. The van der Waals surface area contributed by atoms with Gasteiger partial charge in [-0.1, -0.05) is 12.1 Å². The normalized spacial score (nSPS) is 11.7. The molecule has 0 radical (unpaired) electrons. The molecule has 0 fully saturated rings. The van der Waals surface area contributed by atoms with Gasteiger partial charge in [0.05, 0.1) is 36.5 Å². The van der Waals surface area contributed by atoms with Crippen LogP contribution < -0.4 is 10.6 Å². The summed E-state index contributed by atoms with van der Waals surface area (Å²) in [7, 11) is 0. The molecule has 4 N–H and O–H groups in total. The number of amides is 1. The lowest BCUT2D eigenvalue weighted by atomic mass is 10.1. The van der Waals surface area contributed by atoms with Gasteiger partial charge in [0.2, 0.25) is 5.91 Å². The fourth-order valence-corrected chi connectivity index (χ4v) is 2.07. The zero-order valence-electron chi connectivity index (χ0n) is 12.6. The number of aliphatic carboxylic acids is 1. The van der Waals surface area contributed by atoms with Crippen LogP contribution in [0.3, 0.4) is 0 Å². The number of carbonyl (C=O) groups excluding carboxylic acids is 1. The minimum absolute atomic E-state index is 0.0778. The van der Waals surface area contributed by atoms with Crippen LogP contribution in [-0.4, -0.2) is 34.1 Å². The Morgan fingerprint density at radius 1 is 1.08 bits per heavy atom. The van der Waals surface area contributed by atoms with Crippen molar-refractivity contribution in [2.24, 2.45) is 0 Å². The molecule has 0 saturated heterocycles. The number of hydrogen-bond donors (Lipinski definition) is 4. The first-order chi connectivity index (χ1) is 11.5. The van der Waals surface area contributed by atoms with E-state index in [1.165, 1.54) is 24.5 Å². The maximum Gasteiger partial charge on any atom is 0.337 e. The van der Waals surface area contributed by atoms with Crippen LogP contribution in [0.5, 0.6) is 0 Å². The summed E-state index contributed by atoms with van der Waals surface area (Å²) in [6.07, 6.45) is 1.01. The number of para-hydroxylation sites is 1. The Labute approximate surface area is 137 Å². The van der Waals surface area contributed by atoms with Crippen molar-refractivity contribution in [3.05, 3.63) is 54.0 Å². The van der Waals surface area contributed by atoms with Gasteiger partial charge in [0.15, 0.2) is 0 Å². The molecular weight excluding hydrogens is 316 g/mol. The van der Waals surface area contributed by atoms with Crippen LogP contribution in [0, 0.1) is 0 Å². The van der Waals surface area contributed by atoms with Crippen molar-refractivity contribution < 1.29 is 29.0 Å². The standard InChI is InChI=1S/C16H16N2O6/c19-14(20)8-13(17-9-10-4-3-7-24-10)15(21)18-12-6-2-1-5-11(12)16(22)23/h1-7,13,17H,8-9H2,(H,18,21)(H,19,20)(H,22,23)/t13-/m1/s1. The number of aromatic carboxylic acids is 1. The van der Waals surface area contributed by atoms with E-state index < -0.39 is 30.3 Å². The number of benzene rings is 1. The highest BCUT2D eigenvalue weighted by Crippen LogP contribution is 2.15. The number of hydrogen-bond acceptors (Lipinski definition) is 5. The van der Waals surface area contributed by atoms with Gasteiger partial charge in [0.25, 0.3) is 0 Å². The first-order valence-corrected chi connectivity index (χ1v) is 7.08. The fraction of sp³-hybridized carbons (Fsp3) is 0.188. The molecule has 2 rings (SSSR count). The molecular formula is C16H16N2O6. The van der Waals surface area contributed by atoms with E-state index in [1.54, 1.807) is 18.2 Å². The topological polar surface area (TPSA) is 129 Å². The number of nitrogens with one attached hydrogen (secondary N) is 2. The largest absolute Gasteiger partial charge is 0.481 e. The van der Waals surface area contributed by atoms with Gasteiger partial charge in [-0.05, 0) is 24.3 Å². The minimum atomic E-state index is -1.19. The molecule has 1 aromatic carbocycles. The molecule has 24 heavy (non-hydrogen) atoms. The SMILES string of the molecule is O=C(O)C[C@@H](NCc1ccco1)C(=O)Nc1ccccc1C(=O)O. The summed E-state index contributed by atoms with van der Waals surface area (Å²) in [6, 6.07) is 8.20. The summed E-state index contributed by atoms with van der Waals surface area (Å²) in [4.78, 5) is 34.4. The molecule has 0 aliphatic rings. The Morgan fingerprint density at radius 2 is 1.83 bits per heavy atom. The fourth-order valence-electron chi connectivity index (χ4n) is 2.07. The number of anilines is 1. The second kappa shape index (κ2) is 7.93. The molecule has 1 heterocycles. The third-order valence-electron chi connectivity index (χ3n) is 3.21. The van der Waals surface area contributed by atoms with Crippen LogP contribution in [0.15, 0.2) is 47.1 Å². The number of carboxylic acids is 2. The van der Waals surface area contributed by atoms with Gasteiger partial charge in [-0.2, -0.15) is 0 Å².